The minimum absolute atomic E-state index is 0.111. The van der Waals surface area contributed by atoms with E-state index in [4.69, 9.17) is 10.2 Å². The number of aliphatic hydroxyl groups is 2. The molecule has 0 unspecified atom stereocenters. The molecule has 0 aliphatic heterocycles. The van der Waals surface area contributed by atoms with Gasteiger partial charge >= 0.3 is 0 Å². The van der Waals surface area contributed by atoms with Crippen molar-refractivity contribution in [1.29, 1.82) is 0 Å². The monoisotopic (exact) mass is 266 g/mol. The van der Waals surface area contributed by atoms with Crippen LogP contribution in [0.3, 0.4) is 0 Å². The number of rotatable bonds is 7. The molecular formula is C14H22N2O3. The number of benzene rings is 1. The lowest BCUT2D eigenvalue weighted by atomic mass is 10.1. The van der Waals surface area contributed by atoms with Crippen LogP contribution in [0.15, 0.2) is 18.2 Å². The predicted octanol–water partition coefficient (Wildman–Crippen LogP) is 0.854. The van der Waals surface area contributed by atoms with E-state index in [1.54, 1.807) is 6.07 Å². The average molecular weight is 266 g/mol. The number of carbonyl (C=O) groups is 1. The second-order valence-corrected chi connectivity index (χ2v) is 4.30. The molecule has 5 heteroatoms. The van der Waals surface area contributed by atoms with Gasteiger partial charge in [0.05, 0.1) is 13.2 Å². The van der Waals surface area contributed by atoms with Crippen molar-refractivity contribution < 1.29 is 15.0 Å². The highest BCUT2D eigenvalue weighted by Gasteiger charge is 2.16. The largest absolute Gasteiger partial charge is 0.395 e. The van der Waals surface area contributed by atoms with Gasteiger partial charge in [0.2, 0.25) is 0 Å². The van der Waals surface area contributed by atoms with Gasteiger partial charge in [-0.05, 0) is 37.6 Å². The number of amides is 1. The number of nitrogens with one attached hydrogen (secondary N) is 1. The van der Waals surface area contributed by atoms with Crippen LogP contribution < -0.4 is 5.32 Å². The SMILES string of the molecule is CCNc1ccc(C(=O)N(CCO)CCO)c(C)c1. The van der Waals surface area contributed by atoms with E-state index in [0.717, 1.165) is 17.8 Å². The Morgan fingerprint density at radius 1 is 1.26 bits per heavy atom. The summed E-state index contributed by atoms with van der Waals surface area (Å²) in [6.07, 6.45) is 0. The number of nitrogens with zero attached hydrogens (tertiary/aromatic N) is 1. The lowest BCUT2D eigenvalue weighted by Crippen LogP contribution is -2.36. The molecule has 0 aromatic heterocycles. The summed E-state index contributed by atoms with van der Waals surface area (Å²) < 4.78 is 0. The molecule has 1 rings (SSSR count). The molecule has 0 aliphatic carbocycles. The summed E-state index contributed by atoms with van der Waals surface area (Å²) >= 11 is 0. The Hall–Kier alpha value is -1.59. The highest BCUT2D eigenvalue weighted by molar-refractivity contribution is 5.96. The lowest BCUT2D eigenvalue weighted by molar-refractivity contribution is 0.0684. The first kappa shape index (κ1) is 15.5. The number of carbonyl (C=O) groups excluding carboxylic acids is 1. The summed E-state index contributed by atoms with van der Waals surface area (Å²) in [6, 6.07) is 5.56. The third-order valence-electron chi connectivity index (χ3n) is 2.86. The van der Waals surface area contributed by atoms with E-state index in [1.807, 2.05) is 26.0 Å². The highest BCUT2D eigenvalue weighted by atomic mass is 16.3. The van der Waals surface area contributed by atoms with Gasteiger partial charge in [0, 0.05) is 30.9 Å². The molecule has 0 fully saturated rings. The number of anilines is 1. The molecule has 0 radical (unpaired) electrons. The Morgan fingerprint density at radius 3 is 2.37 bits per heavy atom. The molecule has 1 aromatic rings. The van der Waals surface area contributed by atoms with Crippen molar-refractivity contribution >= 4 is 11.6 Å². The second-order valence-electron chi connectivity index (χ2n) is 4.30. The summed E-state index contributed by atoms with van der Waals surface area (Å²) in [4.78, 5) is 13.8. The predicted molar refractivity (Wildman–Crippen MR) is 75.4 cm³/mol. The van der Waals surface area contributed by atoms with Crippen molar-refractivity contribution in [2.75, 3.05) is 38.2 Å². The fourth-order valence-electron chi connectivity index (χ4n) is 1.94. The maximum Gasteiger partial charge on any atom is 0.254 e. The molecule has 3 N–H and O–H groups in total. The maximum absolute atomic E-state index is 12.3. The normalized spacial score (nSPS) is 10.3. The van der Waals surface area contributed by atoms with Crippen molar-refractivity contribution in [2.45, 2.75) is 13.8 Å². The van der Waals surface area contributed by atoms with Crippen molar-refractivity contribution in [3.63, 3.8) is 0 Å². The Morgan fingerprint density at radius 2 is 1.89 bits per heavy atom. The van der Waals surface area contributed by atoms with Gasteiger partial charge in [-0.2, -0.15) is 0 Å². The lowest BCUT2D eigenvalue weighted by Gasteiger charge is -2.22. The summed E-state index contributed by atoms with van der Waals surface area (Å²) in [5, 5.41) is 21.1. The van der Waals surface area contributed by atoms with E-state index >= 15 is 0 Å². The molecular weight excluding hydrogens is 244 g/mol. The van der Waals surface area contributed by atoms with Gasteiger partial charge in [-0.25, -0.2) is 0 Å². The molecule has 0 saturated heterocycles. The van der Waals surface area contributed by atoms with E-state index < -0.39 is 0 Å². The van der Waals surface area contributed by atoms with Crippen LogP contribution >= 0.6 is 0 Å². The zero-order chi connectivity index (χ0) is 14.3. The van der Waals surface area contributed by atoms with Gasteiger partial charge < -0.3 is 20.4 Å². The van der Waals surface area contributed by atoms with Crippen LogP contribution in [0.5, 0.6) is 0 Å². The van der Waals surface area contributed by atoms with Crippen molar-refractivity contribution in [2.24, 2.45) is 0 Å². The van der Waals surface area contributed by atoms with Crippen LogP contribution in [0.1, 0.15) is 22.8 Å². The van der Waals surface area contributed by atoms with Crippen LogP contribution in [0, 0.1) is 6.92 Å². The van der Waals surface area contributed by atoms with Crippen LogP contribution in [0.4, 0.5) is 5.69 Å². The van der Waals surface area contributed by atoms with Crippen LogP contribution in [-0.4, -0.2) is 53.9 Å². The molecule has 0 heterocycles. The van der Waals surface area contributed by atoms with E-state index in [1.165, 1.54) is 4.90 Å². The maximum atomic E-state index is 12.3. The Bertz CT molecular complexity index is 415. The van der Waals surface area contributed by atoms with Crippen molar-refractivity contribution in [3.8, 4) is 0 Å². The highest BCUT2D eigenvalue weighted by Crippen LogP contribution is 2.16. The second kappa shape index (κ2) is 7.76. The summed E-state index contributed by atoms with van der Waals surface area (Å²) in [6.45, 7) is 4.96. The molecule has 0 saturated carbocycles. The molecule has 0 aliphatic rings. The van der Waals surface area contributed by atoms with Crippen molar-refractivity contribution in [3.05, 3.63) is 29.3 Å². The molecule has 0 atom stereocenters. The molecule has 19 heavy (non-hydrogen) atoms. The summed E-state index contributed by atoms with van der Waals surface area (Å²) in [7, 11) is 0. The molecule has 1 amide bonds. The quantitative estimate of drug-likeness (QED) is 0.684. The molecule has 0 bridgehead atoms. The molecule has 5 nitrogen and oxygen atoms in total. The smallest absolute Gasteiger partial charge is 0.254 e. The first-order valence-electron chi connectivity index (χ1n) is 6.49. The minimum atomic E-state index is -0.163. The van der Waals surface area contributed by atoms with Gasteiger partial charge in [-0.1, -0.05) is 0 Å². The van der Waals surface area contributed by atoms with Crippen molar-refractivity contribution in [1.82, 2.24) is 4.90 Å². The van der Waals surface area contributed by atoms with E-state index in [9.17, 15) is 4.79 Å². The third-order valence-corrected chi connectivity index (χ3v) is 2.86. The van der Waals surface area contributed by atoms with Crippen LogP contribution in [0.2, 0.25) is 0 Å². The number of aryl methyl sites for hydroxylation is 1. The Kier molecular flexibility index (Phi) is 6.32. The van der Waals surface area contributed by atoms with Gasteiger partial charge in [-0.15, -0.1) is 0 Å². The number of aliphatic hydroxyl groups excluding tert-OH is 2. The van der Waals surface area contributed by atoms with E-state index in [-0.39, 0.29) is 32.2 Å². The topological polar surface area (TPSA) is 72.8 Å². The summed E-state index contributed by atoms with van der Waals surface area (Å²) in [5.74, 6) is -0.163. The third kappa shape index (κ3) is 4.22. The first-order valence-corrected chi connectivity index (χ1v) is 6.49. The van der Waals surface area contributed by atoms with Crippen LogP contribution in [-0.2, 0) is 0 Å². The van der Waals surface area contributed by atoms with E-state index in [0.29, 0.717) is 5.56 Å². The van der Waals surface area contributed by atoms with Crippen LogP contribution in [0.25, 0.3) is 0 Å². The molecule has 0 spiro atoms. The van der Waals surface area contributed by atoms with Gasteiger partial charge in [-0.3, -0.25) is 4.79 Å². The van der Waals surface area contributed by atoms with Gasteiger partial charge in [0.25, 0.3) is 5.91 Å². The zero-order valence-electron chi connectivity index (χ0n) is 11.5. The van der Waals surface area contributed by atoms with E-state index in [2.05, 4.69) is 5.32 Å². The minimum Gasteiger partial charge on any atom is -0.395 e. The zero-order valence-corrected chi connectivity index (χ0v) is 11.5. The molecule has 106 valence electrons. The number of hydrogen-bond acceptors (Lipinski definition) is 4. The Labute approximate surface area is 113 Å². The first-order chi connectivity index (χ1) is 9.13. The van der Waals surface area contributed by atoms with Gasteiger partial charge in [0.1, 0.15) is 0 Å². The Balaban J connectivity index is 2.91. The van der Waals surface area contributed by atoms with Gasteiger partial charge in [0.15, 0.2) is 0 Å². The fraction of sp³-hybridized carbons (Fsp3) is 0.500. The average Bonchev–Trinajstić information content (AvgIpc) is 2.38. The number of hydrogen-bond donors (Lipinski definition) is 3. The summed E-state index contributed by atoms with van der Waals surface area (Å²) in [5.41, 5.74) is 2.46. The fourth-order valence-corrected chi connectivity index (χ4v) is 1.94. The molecule has 1 aromatic carbocycles. The standard InChI is InChI=1S/C14H22N2O3/c1-3-15-12-4-5-13(11(2)10-12)14(19)16(6-8-17)7-9-18/h4-5,10,15,17-18H,3,6-9H2,1-2H3.